The summed E-state index contributed by atoms with van der Waals surface area (Å²) in [6, 6.07) is 10.3. The standard InChI is InChI=1S/C25H25ClN6O/c26-20-16(8-11-29-22(20)28)5-3-6-18-15-30-24(31-23(18)33)32-12-9-25(10-13-32)14-17-4-1-2-7-19(17)21(25)27/h1-2,4,7-8,11,15,21H,5,9-10,12-14,27H2,(H2,28,29)(H,30,31,33)/t21-/m1/s1. The van der Waals surface area contributed by atoms with E-state index in [0.717, 1.165) is 37.9 Å². The van der Waals surface area contributed by atoms with Crippen molar-refractivity contribution in [1.82, 2.24) is 15.0 Å². The lowest BCUT2D eigenvalue weighted by Crippen LogP contribution is -2.45. The molecule has 1 atom stereocenters. The van der Waals surface area contributed by atoms with Crippen molar-refractivity contribution in [3.8, 4) is 11.8 Å². The maximum Gasteiger partial charge on any atom is 0.268 e. The van der Waals surface area contributed by atoms with Crippen LogP contribution in [0.4, 0.5) is 11.8 Å². The minimum atomic E-state index is -0.252. The van der Waals surface area contributed by atoms with Crippen molar-refractivity contribution in [2.24, 2.45) is 11.1 Å². The number of nitrogens with one attached hydrogen (secondary N) is 1. The smallest absolute Gasteiger partial charge is 0.268 e. The molecule has 7 nitrogen and oxygen atoms in total. The fourth-order valence-corrected chi connectivity index (χ4v) is 5.16. The first-order chi connectivity index (χ1) is 16.0. The van der Waals surface area contributed by atoms with E-state index in [-0.39, 0.29) is 22.8 Å². The van der Waals surface area contributed by atoms with Gasteiger partial charge in [0.1, 0.15) is 11.4 Å². The molecule has 0 bridgehead atoms. The zero-order chi connectivity index (χ0) is 23.0. The van der Waals surface area contributed by atoms with Crippen LogP contribution in [0, 0.1) is 17.3 Å². The van der Waals surface area contributed by atoms with E-state index in [4.69, 9.17) is 23.1 Å². The Morgan fingerprint density at radius 1 is 1.21 bits per heavy atom. The molecular weight excluding hydrogens is 436 g/mol. The van der Waals surface area contributed by atoms with E-state index in [9.17, 15) is 4.79 Å². The van der Waals surface area contributed by atoms with Gasteiger partial charge in [0.15, 0.2) is 0 Å². The number of rotatable bonds is 2. The third kappa shape index (κ3) is 3.97. The highest BCUT2D eigenvalue weighted by Crippen LogP contribution is 2.50. The molecule has 3 heterocycles. The van der Waals surface area contributed by atoms with Crippen LogP contribution in [0.25, 0.3) is 0 Å². The van der Waals surface area contributed by atoms with Gasteiger partial charge in [-0.1, -0.05) is 47.7 Å². The number of H-pyrrole nitrogens is 1. The number of benzene rings is 1. The molecular formula is C25H25ClN6O. The Kier molecular flexibility index (Phi) is 5.57. The number of hydrogen-bond donors (Lipinski definition) is 3. The van der Waals surface area contributed by atoms with E-state index in [0.29, 0.717) is 23.0 Å². The van der Waals surface area contributed by atoms with Gasteiger partial charge in [0, 0.05) is 31.7 Å². The molecule has 0 radical (unpaired) electrons. The molecule has 1 aliphatic carbocycles. The van der Waals surface area contributed by atoms with Crippen LogP contribution >= 0.6 is 11.6 Å². The molecule has 8 heteroatoms. The number of nitrogens with two attached hydrogens (primary N) is 2. The summed E-state index contributed by atoms with van der Waals surface area (Å²) in [7, 11) is 0. The Labute approximate surface area is 197 Å². The fourth-order valence-electron chi connectivity index (χ4n) is 4.98. The van der Waals surface area contributed by atoms with Gasteiger partial charge in [-0.05, 0) is 47.4 Å². The second-order valence-electron chi connectivity index (χ2n) is 8.80. The van der Waals surface area contributed by atoms with Crippen molar-refractivity contribution in [2.45, 2.75) is 31.7 Å². The van der Waals surface area contributed by atoms with E-state index >= 15 is 0 Å². The first kappa shape index (κ1) is 21.5. The molecule has 168 valence electrons. The van der Waals surface area contributed by atoms with Gasteiger partial charge in [0.25, 0.3) is 5.56 Å². The van der Waals surface area contributed by atoms with Crippen LogP contribution in [-0.2, 0) is 12.8 Å². The van der Waals surface area contributed by atoms with Crippen LogP contribution in [0.2, 0.25) is 5.02 Å². The van der Waals surface area contributed by atoms with Crippen molar-refractivity contribution in [2.75, 3.05) is 23.7 Å². The monoisotopic (exact) mass is 460 g/mol. The van der Waals surface area contributed by atoms with Crippen LogP contribution in [0.5, 0.6) is 0 Å². The van der Waals surface area contributed by atoms with Crippen molar-refractivity contribution >= 4 is 23.4 Å². The second-order valence-corrected chi connectivity index (χ2v) is 9.18. The minimum Gasteiger partial charge on any atom is -0.382 e. The molecule has 2 aromatic heterocycles. The van der Waals surface area contributed by atoms with Gasteiger partial charge in [-0.15, -0.1) is 0 Å². The molecule has 5 rings (SSSR count). The summed E-state index contributed by atoms with van der Waals surface area (Å²) in [5, 5.41) is 0.391. The number of nitrogen functional groups attached to an aromatic ring is 1. The van der Waals surface area contributed by atoms with Gasteiger partial charge >= 0.3 is 0 Å². The highest BCUT2D eigenvalue weighted by atomic mass is 35.5. The zero-order valence-electron chi connectivity index (χ0n) is 18.1. The van der Waals surface area contributed by atoms with Gasteiger partial charge in [-0.3, -0.25) is 9.78 Å². The summed E-state index contributed by atoms with van der Waals surface area (Å²) in [5.41, 5.74) is 15.9. The number of anilines is 2. The average molecular weight is 461 g/mol. The number of piperidine rings is 1. The van der Waals surface area contributed by atoms with E-state index < -0.39 is 0 Å². The van der Waals surface area contributed by atoms with Gasteiger partial charge in [-0.25, -0.2) is 9.97 Å². The summed E-state index contributed by atoms with van der Waals surface area (Å²) in [4.78, 5) is 26.0. The lowest BCUT2D eigenvalue weighted by Gasteiger charge is -2.42. The van der Waals surface area contributed by atoms with Gasteiger partial charge < -0.3 is 16.4 Å². The van der Waals surface area contributed by atoms with E-state index in [1.165, 1.54) is 17.3 Å². The van der Waals surface area contributed by atoms with E-state index in [1.807, 2.05) is 0 Å². The number of pyridine rings is 1. The molecule has 1 aromatic carbocycles. The van der Waals surface area contributed by atoms with Gasteiger partial charge in [0.2, 0.25) is 5.95 Å². The van der Waals surface area contributed by atoms with Crippen LogP contribution in [-0.4, -0.2) is 28.0 Å². The first-order valence-corrected chi connectivity index (χ1v) is 11.4. The van der Waals surface area contributed by atoms with Crippen molar-refractivity contribution < 1.29 is 0 Å². The molecule has 1 aliphatic heterocycles. The topological polar surface area (TPSA) is 114 Å². The highest BCUT2D eigenvalue weighted by Gasteiger charge is 2.45. The van der Waals surface area contributed by atoms with Crippen LogP contribution in [0.1, 0.15) is 41.1 Å². The third-order valence-electron chi connectivity index (χ3n) is 6.94. The molecule has 1 fully saturated rings. The van der Waals surface area contributed by atoms with Crippen LogP contribution < -0.4 is 21.9 Å². The van der Waals surface area contributed by atoms with Crippen molar-refractivity contribution in [1.29, 1.82) is 0 Å². The van der Waals surface area contributed by atoms with Crippen LogP contribution in [0.3, 0.4) is 0 Å². The molecule has 33 heavy (non-hydrogen) atoms. The van der Waals surface area contributed by atoms with Gasteiger partial charge in [0.05, 0.1) is 11.2 Å². The first-order valence-electron chi connectivity index (χ1n) is 11.0. The molecule has 0 amide bonds. The van der Waals surface area contributed by atoms with Crippen molar-refractivity contribution in [3.63, 3.8) is 0 Å². The Balaban J connectivity index is 1.26. The lowest BCUT2D eigenvalue weighted by molar-refractivity contribution is 0.187. The number of aromatic amines is 1. The third-order valence-corrected chi connectivity index (χ3v) is 7.37. The highest BCUT2D eigenvalue weighted by molar-refractivity contribution is 6.33. The molecule has 1 saturated heterocycles. The summed E-state index contributed by atoms with van der Waals surface area (Å²) in [6.07, 6.45) is 6.42. The molecule has 5 N–H and O–H groups in total. The zero-order valence-corrected chi connectivity index (χ0v) is 18.9. The SMILES string of the molecule is Nc1nccc(CC#Cc2cnc(N3CCC4(CC3)Cc3ccccc3[C@H]4N)[nH]c2=O)c1Cl. The average Bonchev–Trinajstić information content (AvgIpc) is 3.09. The predicted octanol–water partition coefficient (Wildman–Crippen LogP) is 2.84. The summed E-state index contributed by atoms with van der Waals surface area (Å²) in [6.45, 7) is 1.61. The fraction of sp³-hybridized carbons (Fsp3) is 0.320. The molecule has 1 spiro atoms. The minimum absolute atomic E-state index is 0.0600. The lowest BCUT2D eigenvalue weighted by atomic mass is 9.73. The number of hydrogen-bond acceptors (Lipinski definition) is 6. The largest absolute Gasteiger partial charge is 0.382 e. The number of fused-ring (bicyclic) bond motifs is 1. The van der Waals surface area contributed by atoms with E-state index in [1.54, 1.807) is 12.3 Å². The molecule has 0 saturated carbocycles. The van der Waals surface area contributed by atoms with Crippen molar-refractivity contribution in [3.05, 3.63) is 80.4 Å². The predicted molar refractivity (Wildman–Crippen MR) is 130 cm³/mol. The maximum absolute atomic E-state index is 12.6. The maximum atomic E-state index is 12.6. The Hall–Kier alpha value is -3.34. The second kappa shape index (κ2) is 8.54. The molecule has 3 aromatic rings. The Morgan fingerprint density at radius 3 is 2.76 bits per heavy atom. The number of aromatic nitrogens is 3. The summed E-state index contributed by atoms with van der Waals surface area (Å²) < 4.78 is 0. The quantitative estimate of drug-likeness (QED) is 0.507. The summed E-state index contributed by atoms with van der Waals surface area (Å²) >= 11 is 6.14. The van der Waals surface area contributed by atoms with Crippen LogP contribution in [0.15, 0.2) is 47.5 Å². The normalized spacial score (nSPS) is 18.6. The number of halogens is 1. The Bertz CT molecular complexity index is 1320. The van der Waals surface area contributed by atoms with Gasteiger partial charge in [-0.2, -0.15) is 0 Å². The molecule has 2 aliphatic rings. The van der Waals surface area contributed by atoms with E-state index in [2.05, 4.69) is 56.0 Å². The molecule has 0 unspecified atom stereocenters. The number of nitrogens with zero attached hydrogens (tertiary/aromatic N) is 3. The Morgan fingerprint density at radius 2 is 2.00 bits per heavy atom. The summed E-state index contributed by atoms with van der Waals surface area (Å²) in [5.74, 6) is 6.70.